The van der Waals surface area contributed by atoms with E-state index in [-0.39, 0.29) is 12.1 Å². The monoisotopic (exact) mass is 247 g/mol. The highest BCUT2D eigenvalue weighted by Crippen LogP contribution is 2.31. The van der Waals surface area contributed by atoms with Gasteiger partial charge in [-0.2, -0.15) is 0 Å². The molecule has 0 aliphatic rings. The molecule has 16 heavy (non-hydrogen) atoms. The van der Waals surface area contributed by atoms with Crippen molar-refractivity contribution < 1.29 is 24.3 Å². The average molecular weight is 247 g/mol. The number of hydrogen-bond donors (Lipinski definition) is 4. The maximum Gasteiger partial charge on any atom is 0.376 e. The number of nitrogens with zero attached hydrogens (tertiary/aromatic N) is 2. The van der Waals surface area contributed by atoms with E-state index < -0.39 is 25.0 Å². The van der Waals surface area contributed by atoms with Gasteiger partial charge in [0.05, 0.1) is 11.9 Å². The van der Waals surface area contributed by atoms with Gasteiger partial charge in [0.25, 0.3) is 0 Å². The minimum Gasteiger partial charge on any atom is -0.480 e. The number of carboxylic acids is 1. The van der Waals surface area contributed by atoms with Crippen LogP contribution in [-0.4, -0.2) is 36.9 Å². The topological polar surface area (TPSA) is 147 Å². The number of aromatic nitrogens is 2. The summed E-state index contributed by atoms with van der Waals surface area (Å²) >= 11 is 0. The van der Waals surface area contributed by atoms with Crippen LogP contribution in [0.1, 0.15) is 5.69 Å². The number of hydrogen-bond acceptors (Lipinski definition) is 5. The van der Waals surface area contributed by atoms with Gasteiger partial charge < -0.3 is 20.6 Å². The average Bonchev–Trinajstić information content (AvgIpc) is 2.17. The molecule has 1 aromatic heterocycles. The zero-order chi connectivity index (χ0) is 12.3. The Kier molecular flexibility index (Phi) is 3.71. The lowest BCUT2D eigenvalue weighted by Crippen LogP contribution is -2.32. The van der Waals surface area contributed by atoms with Gasteiger partial charge in [0.1, 0.15) is 6.04 Å². The number of carbonyl (C=O) groups is 1. The lowest BCUT2D eigenvalue weighted by molar-refractivity contribution is -0.138. The maximum atomic E-state index is 10.7. The summed E-state index contributed by atoms with van der Waals surface area (Å²) in [5.74, 6) is -1.18. The second-order valence-electron chi connectivity index (χ2n) is 3.06. The summed E-state index contributed by atoms with van der Waals surface area (Å²) in [6.07, 6.45) is 1.95. The van der Waals surface area contributed by atoms with Crippen LogP contribution < -0.4 is 11.2 Å². The minimum absolute atomic E-state index is 0.0518. The van der Waals surface area contributed by atoms with Gasteiger partial charge in [-0.15, -0.1) is 0 Å². The van der Waals surface area contributed by atoms with Gasteiger partial charge in [0, 0.05) is 12.6 Å². The van der Waals surface area contributed by atoms with Crippen molar-refractivity contribution in [2.24, 2.45) is 5.73 Å². The van der Waals surface area contributed by atoms with E-state index in [2.05, 4.69) is 9.97 Å². The van der Waals surface area contributed by atoms with Crippen molar-refractivity contribution >= 4 is 19.0 Å². The molecule has 0 saturated carbocycles. The Bertz CT molecular complexity index is 428. The van der Waals surface area contributed by atoms with E-state index in [0.717, 1.165) is 12.4 Å². The highest BCUT2D eigenvalue weighted by atomic mass is 31.2. The first kappa shape index (κ1) is 12.7. The van der Waals surface area contributed by atoms with Gasteiger partial charge in [0.15, 0.2) is 5.44 Å². The maximum absolute atomic E-state index is 10.7. The molecule has 0 fully saturated rings. The Morgan fingerprint density at radius 3 is 2.44 bits per heavy atom. The molecule has 0 amide bonds. The fraction of sp³-hybridized carbons (Fsp3) is 0.286. The van der Waals surface area contributed by atoms with E-state index in [1.165, 1.54) is 0 Å². The van der Waals surface area contributed by atoms with Crippen molar-refractivity contribution in [2.75, 3.05) is 0 Å². The van der Waals surface area contributed by atoms with E-state index in [0.29, 0.717) is 0 Å². The third-order valence-corrected chi connectivity index (χ3v) is 2.56. The molecule has 5 N–H and O–H groups in total. The largest absolute Gasteiger partial charge is 0.480 e. The molecule has 0 unspecified atom stereocenters. The molecular formula is C7H10N3O5P. The Morgan fingerprint density at radius 2 is 2.06 bits per heavy atom. The van der Waals surface area contributed by atoms with Crippen molar-refractivity contribution in [1.82, 2.24) is 9.97 Å². The molecule has 1 heterocycles. The Labute approximate surface area is 90.3 Å². The smallest absolute Gasteiger partial charge is 0.376 e. The van der Waals surface area contributed by atoms with Gasteiger partial charge >= 0.3 is 13.6 Å². The first-order valence-corrected chi connectivity index (χ1v) is 5.77. The van der Waals surface area contributed by atoms with Crippen molar-refractivity contribution in [3.8, 4) is 0 Å². The molecular weight excluding hydrogens is 237 g/mol. The molecule has 0 aromatic carbocycles. The van der Waals surface area contributed by atoms with Crippen LogP contribution >= 0.6 is 7.60 Å². The second kappa shape index (κ2) is 4.67. The van der Waals surface area contributed by atoms with Crippen LogP contribution in [0.25, 0.3) is 0 Å². The van der Waals surface area contributed by atoms with Crippen LogP contribution in [0.15, 0.2) is 12.4 Å². The standard InChI is InChI=1S/C7H10N3O5P/c8-5(7(11)12)1-4-2-10-6(3-9-4)16(13,14)15/h2-3,5H,1,8H2,(H,11,12)(H2,13,14,15)/t5-/m0/s1. The fourth-order valence-electron chi connectivity index (χ4n) is 0.916. The summed E-state index contributed by atoms with van der Waals surface area (Å²) in [6.45, 7) is 0. The summed E-state index contributed by atoms with van der Waals surface area (Å²) in [4.78, 5) is 35.1. The summed E-state index contributed by atoms with van der Waals surface area (Å²) in [6, 6.07) is -1.12. The number of carboxylic acid groups (broad SMARTS) is 1. The quantitative estimate of drug-likeness (QED) is 0.457. The van der Waals surface area contributed by atoms with Gasteiger partial charge in [-0.1, -0.05) is 0 Å². The summed E-state index contributed by atoms with van der Waals surface area (Å²) in [5, 5.41) is 8.53. The fourth-order valence-corrected chi connectivity index (χ4v) is 1.33. The van der Waals surface area contributed by atoms with Crippen molar-refractivity contribution in [1.29, 1.82) is 0 Å². The van der Waals surface area contributed by atoms with Crippen molar-refractivity contribution in [3.05, 3.63) is 18.1 Å². The normalized spacial score (nSPS) is 13.4. The Balaban J connectivity index is 2.80. The van der Waals surface area contributed by atoms with E-state index in [1.807, 2.05) is 0 Å². The highest BCUT2D eigenvalue weighted by Gasteiger charge is 2.20. The molecule has 8 nitrogen and oxygen atoms in total. The van der Waals surface area contributed by atoms with Crippen LogP contribution in [0.2, 0.25) is 0 Å². The second-order valence-corrected chi connectivity index (χ2v) is 4.61. The highest BCUT2D eigenvalue weighted by molar-refractivity contribution is 7.59. The van der Waals surface area contributed by atoms with Crippen LogP contribution in [0, 0.1) is 0 Å². The zero-order valence-corrected chi connectivity index (χ0v) is 8.91. The molecule has 0 aliphatic heterocycles. The third kappa shape index (κ3) is 3.35. The lowest BCUT2D eigenvalue weighted by Gasteiger charge is -2.06. The molecule has 0 saturated heterocycles. The Morgan fingerprint density at radius 1 is 1.44 bits per heavy atom. The molecule has 0 spiro atoms. The molecule has 1 aromatic rings. The molecule has 0 bridgehead atoms. The minimum atomic E-state index is -4.41. The van der Waals surface area contributed by atoms with Gasteiger partial charge in [-0.05, 0) is 0 Å². The molecule has 1 atom stereocenters. The number of aliphatic carboxylic acids is 1. The predicted molar refractivity (Wildman–Crippen MR) is 53.0 cm³/mol. The zero-order valence-electron chi connectivity index (χ0n) is 8.02. The van der Waals surface area contributed by atoms with Crippen LogP contribution in [0.4, 0.5) is 0 Å². The molecule has 88 valence electrons. The number of nitrogens with two attached hydrogens (primary N) is 1. The molecule has 9 heteroatoms. The van der Waals surface area contributed by atoms with Gasteiger partial charge in [-0.25, -0.2) is 4.98 Å². The molecule has 1 rings (SSSR count). The molecule has 0 aliphatic carbocycles. The van der Waals surface area contributed by atoms with E-state index in [1.54, 1.807) is 0 Å². The van der Waals surface area contributed by atoms with E-state index >= 15 is 0 Å². The third-order valence-electron chi connectivity index (χ3n) is 1.74. The van der Waals surface area contributed by atoms with E-state index in [4.69, 9.17) is 20.6 Å². The van der Waals surface area contributed by atoms with Gasteiger partial charge in [-0.3, -0.25) is 14.3 Å². The lowest BCUT2D eigenvalue weighted by atomic mass is 10.2. The summed E-state index contributed by atoms with van der Waals surface area (Å²) in [5.41, 5.74) is 5.05. The first-order valence-electron chi connectivity index (χ1n) is 4.16. The van der Waals surface area contributed by atoms with Crippen LogP contribution in [0.5, 0.6) is 0 Å². The summed E-state index contributed by atoms with van der Waals surface area (Å²) < 4.78 is 10.7. The molecule has 0 radical (unpaired) electrons. The van der Waals surface area contributed by atoms with Crippen molar-refractivity contribution in [2.45, 2.75) is 12.5 Å². The SMILES string of the molecule is N[C@@H](Cc1cnc(P(=O)(O)O)cn1)C(=O)O. The summed E-state index contributed by atoms with van der Waals surface area (Å²) in [7, 11) is -4.41. The van der Waals surface area contributed by atoms with Crippen LogP contribution in [-0.2, 0) is 15.8 Å². The van der Waals surface area contributed by atoms with E-state index in [9.17, 15) is 9.36 Å². The van der Waals surface area contributed by atoms with Crippen LogP contribution in [0.3, 0.4) is 0 Å². The first-order chi connectivity index (χ1) is 7.30. The number of rotatable bonds is 4. The van der Waals surface area contributed by atoms with Gasteiger partial charge in [0.2, 0.25) is 0 Å². The predicted octanol–water partition coefficient (Wildman–Crippen LogP) is -1.77. The Hall–Kier alpha value is -1.34. The van der Waals surface area contributed by atoms with Crippen molar-refractivity contribution in [3.63, 3.8) is 0 Å².